The first-order valence-electron chi connectivity index (χ1n) is 27.9. The smallest absolute Gasteiger partial charge is 0.335 e. The number of hydrogen-bond donors (Lipinski definition) is 3. The SMILES string of the molecule is CC/C=C\C/C=C\C/C=C\C/C=C\C/C=C\C/C=C\CCC(=O)OCC(COC1OC(C(=O)O)C(O)C(O)C1OC(=O)CCCCCCCCCCCCC)OC(=O)CCCCCCCCCCCCC. The van der Waals surface area contributed by atoms with Crippen LogP contribution in [0.15, 0.2) is 72.9 Å². The summed E-state index contributed by atoms with van der Waals surface area (Å²) in [5.74, 6) is -3.23. The molecule has 1 fully saturated rings. The number of ether oxygens (including phenoxy) is 5. The first-order valence-corrected chi connectivity index (χ1v) is 27.9. The summed E-state index contributed by atoms with van der Waals surface area (Å²) in [6.45, 7) is 5.78. The highest BCUT2D eigenvalue weighted by atomic mass is 16.7. The Hall–Kier alpha value is -3.84. The van der Waals surface area contributed by atoms with Gasteiger partial charge in [-0.3, -0.25) is 14.4 Å². The van der Waals surface area contributed by atoms with E-state index < -0.39 is 67.3 Å². The summed E-state index contributed by atoms with van der Waals surface area (Å²) in [4.78, 5) is 50.9. The van der Waals surface area contributed by atoms with Crippen LogP contribution in [0.3, 0.4) is 0 Å². The van der Waals surface area contributed by atoms with Gasteiger partial charge in [0.05, 0.1) is 6.61 Å². The molecule has 0 aliphatic carbocycles. The lowest BCUT2D eigenvalue weighted by molar-refractivity contribution is -0.301. The number of aliphatic carboxylic acids is 1. The van der Waals surface area contributed by atoms with Crippen LogP contribution in [-0.2, 0) is 42.9 Å². The van der Waals surface area contributed by atoms with Gasteiger partial charge in [-0.05, 0) is 57.8 Å². The minimum absolute atomic E-state index is 0.0548. The Labute approximate surface area is 429 Å². The summed E-state index contributed by atoms with van der Waals surface area (Å²) < 4.78 is 28.2. The highest BCUT2D eigenvalue weighted by Crippen LogP contribution is 2.26. The van der Waals surface area contributed by atoms with Crippen LogP contribution in [0.2, 0.25) is 0 Å². The van der Waals surface area contributed by atoms with E-state index in [2.05, 4.69) is 81.5 Å². The second kappa shape index (κ2) is 47.2. The van der Waals surface area contributed by atoms with Crippen LogP contribution >= 0.6 is 0 Å². The zero-order valence-electron chi connectivity index (χ0n) is 44.4. The molecule has 1 rings (SSSR count). The third kappa shape index (κ3) is 37.6. The Balaban J connectivity index is 2.74. The Morgan fingerprint density at radius 1 is 0.479 bits per heavy atom. The molecule has 0 aromatic carbocycles. The fourth-order valence-corrected chi connectivity index (χ4v) is 8.04. The molecule has 1 aliphatic rings. The van der Waals surface area contributed by atoms with Crippen molar-refractivity contribution in [2.45, 2.75) is 263 Å². The molecule has 0 amide bonds. The van der Waals surface area contributed by atoms with Crippen molar-refractivity contribution in [2.75, 3.05) is 13.2 Å². The monoisotopic (exact) mass is 999 g/mol. The molecule has 0 aromatic heterocycles. The fraction of sp³-hybridized carbons (Fsp3) is 0.729. The van der Waals surface area contributed by atoms with Gasteiger partial charge in [0.15, 0.2) is 24.6 Å². The van der Waals surface area contributed by atoms with E-state index in [1.165, 1.54) is 83.5 Å². The third-order valence-corrected chi connectivity index (χ3v) is 12.3. The van der Waals surface area contributed by atoms with Crippen LogP contribution < -0.4 is 0 Å². The maximum Gasteiger partial charge on any atom is 0.335 e. The van der Waals surface area contributed by atoms with Gasteiger partial charge in [0.2, 0.25) is 0 Å². The molecular formula is C59H98O12. The van der Waals surface area contributed by atoms with Gasteiger partial charge in [-0.15, -0.1) is 0 Å². The average Bonchev–Trinajstić information content (AvgIpc) is 3.35. The minimum atomic E-state index is -1.91. The van der Waals surface area contributed by atoms with Crippen LogP contribution in [0.4, 0.5) is 0 Å². The largest absolute Gasteiger partial charge is 0.479 e. The van der Waals surface area contributed by atoms with Gasteiger partial charge >= 0.3 is 23.9 Å². The number of carboxylic acid groups (broad SMARTS) is 1. The number of hydrogen-bond acceptors (Lipinski definition) is 11. The highest BCUT2D eigenvalue weighted by molar-refractivity contribution is 5.74. The van der Waals surface area contributed by atoms with Crippen molar-refractivity contribution >= 4 is 23.9 Å². The summed E-state index contributed by atoms with van der Waals surface area (Å²) in [5.41, 5.74) is 0. The molecule has 1 heterocycles. The zero-order chi connectivity index (χ0) is 51.8. The molecule has 1 saturated heterocycles. The Kier molecular flexibility index (Phi) is 43.3. The lowest BCUT2D eigenvalue weighted by Gasteiger charge is -2.40. The Morgan fingerprint density at radius 3 is 1.32 bits per heavy atom. The molecule has 3 N–H and O–H groups in total. The molecule has 0 radical (unpaired) electrons. The van der Waals surface area contributed by atoms with Crippen LogP contribution in [0, 0.1) is 0 Å². The van der Waals surface area contributed by atoms with Crippen LogP contribution in [0.25, 0.3) is 0 Å². The van der Waals surface area contributed by atoms with Gasteiger partial charge in [-0.1, -0.05) is 222 Å². The van der Waals surface area contributed by atoms with E-state index in [0.717, 1.165) is 83.5 Å². The summed E-state index contributed by atoms with van der Waals surface area (Å²) in [5, 5.41) is 31.3. The van der Waals surface area contributed by atoms with E-state index in [1.807, 2.05) is 12.2 Å². The minimum Gasteiger partial charge on any atom is -0.479 e. The summed E-state index contributed by atoms with van der Waals surface area (Å²) in [7, 11) is 0. The third-order valence-electron chi connectivity index (χ3n) is 12.3. The molecule has 1 aliphatic heterocycles. The van der Waals surface area contributed by atoms with E-state index in [1.54, 1.807) is 0 Å². The van der Waals surface area contributed by atoms with Gasteiger partial charge in [-0.25, -0.2) is 4.79 Å². The topological polar surface area (TPSA) is 175 Å². The predicted octanol–water partition coefficient (Wildman–Crippen LogP) is 13.8. The van der Waals surface area contributed by atoms with Crippen LogP contribution in [0.1, 0.15) is 226 Å². The molecule has 0 bridgehead atoms. The first-order chi connectivity index (χ1) is 34.6. The Bertz CT molecular complexity index is 1510. The maximum absolute atomic E-state index is 13.1. The fourth-order valence-electron chi connectivity index (χ4n) is 8.04. The second-order valence-electron chi connectivity index (χ2n) is 18.9. The van der Waals surface area contributed by atoms with Crippen molar-refractivity contribution < 1.29 is 58.2 Å². The van der Waals surface area contributed by atoms with Gasteiger partial charge < -0.3 is 39.0 Å². The van der Waals surface area contributed by atoms with E-state index in [0.29, 0.717) is 19.3 Å². The van der Waals surface area contributed by atoms with Gasteiger partial charge in [-0.2, -0.15) is 0 Å². The molecule has 6 atom stereocenters. The zero-order valence-corrected chi connectivity index (χ0v) is 44.4. The van der Waals surface area contributed by atoms with Crippen molar-refractivity contribution in [3.05, 3.63) is 72.9 Å². The number of carbonyl (C=O) groups excluding carboxylic acids is 3. The molecule has 12 heteroatoms. The van der Waals surface area contributed by atoms with E-state index in [-0.39, 0.29) is 25.9 Å². The standard InChI is InChI=1S/C59H98O12/c1-4-7-10-13-16-19-22-23-24-25-26-27-28-29-32-33-36-39-42-45-51(60)67-48-50(69-52(61)46-43-40-37-34-30-20-17-14-11-8-5-2)49-68-59-57(55(64)54(63)56(71-59)58(65)66)70-53(62)47-44-41-38-35-31-21-18-15-12-9-6-3/h7,10,16,19,23-24,26-27,29,32,36,39,50,54-57,59,63-64H,4-6,8-9,11-15,17-18,20-22,25,28,30-31,33-35,37-38,40-49H2,1-3H3,(H,65,66)/b10-7-,19-16-,24-23-,27-26-,32-29-,39-36-. The maximum atomic E-state index is 13.1. The van der Waals surface area contributed by atoms with Crippen molar-refractivity contribution in [3.8, 4) is 0 Å². The number of carbonyl (C=O) groups is 4. The average molecular weight is 999 g/mol. The van der Waals surface area contributed by atoms with Crippen molar-refractivity contribution in [2.24, 2.45) is 0 Å². The lowest BCUT2D eigenvalue weighted by atomic mass is 9.98. The van der Waals surface area contributed by atoms with Gasteiger partial charge in [0.1, 0.15) is 18.8 Å². The van der Waals surface area contributed by atoms with E-state index in [9.17, 15) is 34.5 Å². The molecular weight excluding hydrogens is 901 g/mol. The number of aliphatic hydroxyl groups is 2. The Morgan fingerprint density at radius 2 is 0.887 bits per heavy atom. The van der Waals surface area contributed by atoms with Gasteiger partial charge in [0, 0.05) is 19.3 Å². The predicted molar refractivity (Wildman–Crippen MR) is 285 cm³/mol. The molecule has 12 nitrogen and oxygen atoms in total. The van der Waals surface area contributed by atoms with Crippen LogP contribution in [-0.4, -0.2) is 89.2 Å². The molecule has 6 unspecified atom stereocenters. The second-order valence-corrected chi connectivity index (χ2v) is 18.9. The van der Waals surface area contributed by atoms with Crippen molar-refractivity contribution in [1.82, 2.24) is 0 Å². The summed E-state index contributed by atoms with van der Waals surface area (Å²) in [6, 6.07) is 0. The molecule has 0 saturated carbocycles. The molecule has 406 valence electrons. The van der Waals surface area contributed by atoms with Crippen molar-refractivity contribution in [3.63, 3.8) is 0 Å². The number of carboxylic acids is 1. The summed E-state index contributed by atoms with van der Waals surface area (Å²) in [6.07, 6.45) is 46.2. The number of rotatable bonds is 46. The normalized spacial score (nSPS) is 19.0. The number of aliphatic hydroxyl groups excluding tert-OH is 2. The van der Waals surface area contributed by atoms with Gasteiger partial charge in [0.25, 0.3) is 0 Å². The first kappa shape index (κ1) is 65.2. The lowest BCUT2D eigenvalue weighted by Crippen LogP contribution is -2.61. The van der Waals surface area contributed by atoms with E-state index >= 15 is 0 Å². The van der Waals surface area contributed by atoms with Crippen molar-refractivity contribution in [1.29, 1.82) is 0 Å². The quantitative estimate of drug-likeness (QED) is 0.0228. The molecule has 0 aromatic rings. The number of allylic oxidation sites excluding steroid dienone is 12. The number of unbranched alkanes of at least 4 members (excludes halogenated alkanes) is 20. The highest BCUT2D eigenvalue weighted by Gasteiger charge is 2.50. The molecule has 0 spiro atoms. The van der Waals surface area contributed by atoms with E-state index in [4.69, 9.17) is 23.7 Å². The van der Waals surface area contributed by atoms with Crippen LogP contribution in [0.5, 0.6) is 0 Å². The molecule has 71 heavy (non-hydrogen) atoms. The number of esters is 3. The summed E-state index contributed by atoms with van der Waals surface area (Å²) >= 11 is 0.